The van der Waals surface area contributed by atoms with Crippen LogP contribution in [0.25, 0.3) is 0 Å². The molecule has 0 radical (unpaired) electrons. The Kier molecular flexibility index (Phi) is 16.9. The van der Waals surface area contributed by atoms with Crippen LogP contribution in [0.2, 0.25) is 0 Å². The van der Waals surface area contributed by atoms with Crippen LogP contribution in [0.1, 0.15) is 43.0 Å². The molecule has 0 amide bonds. The average Bonchev–Trinajstić information content (AvgIpc) is 2.67. The number of nitro groups is 2. The third-order valence-corrected chi connectivity index (χ3v) is 6.78. The van der Waals surface area contributed by atoms with Gasteiger partial charge in [-0.1, -0.05) is 57.5 Å². The number of hydrogen-bond donors (Lipinski definition) is 1. The summed E-state index contributed by atoms with van der Waals surface area (Å²) in [5.74, 6) is 1.00. The fourth-order valence-electron chi connectivity index (χ4n) is 1.54. The second kappa shape index (κ2) is 16.1. The Bertz CT molecular complexity index is 828. The largest absolute Gasteiger partial charge is 1.00 e. The first-order chi connectivity index (χ1) is 14.1. The zero-order chi connectivity index (χ0) is 24.2. The second-order valence-corrected chi connectivity index (χ2v) is 11.2. The Hall–Kier alpha value is -0.580. The number of halogens is 1. The number of alkyl halides is 1. The molecule has 0 spiro atoms. The predicted molar refractivity (Wildman–Crippen MR) is 138 cm³/mol. The molecule has 0 aromatic heterocycles. The van der Waals surface area contributed by atoms with Crippen molar-refractivity contribution in [2.24, 2.45) is 10.8 Å². The van der Waals surface area contributed by atoms with Crippen molar-refractivity contribution in [1.82, 2.24) is 0 Å². The van der Waals surface area contributed by atoms with Gasteiger partial charge in [0.2, 0.25) is 0 Å². The van der Waals surface area contributed by atoms with Crippen molar-refractivity contribution in [3.63, 3.8) is 0 Å². The Balaban J connectivity index is -0.000000436. The summed E-state index contributed by atoms with van der Waals surface area (Å²) in [6, 6.07) is 12.7. The summed E-state index contributed by atoms with van der Waals surface area (Å²) in [4.78, 5) is 21.5. The fraction of sp³-hybridized carbons (Fsp3) is 0.455. The molecule has 2 aromatic carbocycles. The van der Waals surface area contributed by atoms with Crippen LogP contribution in [0.15, 0.2) is 58.3 Å². The van der Waals surface area contributed by atoms with Crippen LogP contribution in [0, 0.1) is 31.1 Å². The first-order valence-electron chi connectivity index (χ1n) is 9.51. The van der Waals surface area contributed by atoms with Gasteiger partial charge < -0.3 is 1.43 Å². The van der Waals surface area contributed by atoms with Crippen LogP contribution in [0.5, 0.6) is 0 Å². The van der Waals surface area contributed by atoms with E-state index in [4.69, 9.17) is 0 Å². The first kappa shape index (κ1) is 33.6. The second-order valence-electron chi connectivity index (χ2n) is 9.07. The number of nitro benzene ring substituents is 2. The van der Waals surface area contributed by atoms with E-state index in [0.29, 0.717) is 5.41 Å². The van der Waals surface area contributed by atoms with Crippen LogP contribution >= 0.6 is 40.3 Å². The summed E-state index contributed by atoms with van der Waals surface area (Å²) < 4.78 is 0. The topological polar surface area (TPSA) is 86.3 Å². The van der Waals surface area contributed by atoms with Crippen molar-refractivity contribution in [1.29, 1.82) is 0 Å². The Labute approximate surface area is 232 Å². The minimum absolute atomic E-state index is 0. The first-order valence-corrected chi connectivity index (χ1v) is 12.1. The molecule has 0 saturated heterocycles. The van der Waals surface area contributed by atoms with Gasteiger partial charge in [-0.2, -0.15) is 0 Å². The molecule has 0 aliphatic heterocycles. The van der Waals surface area contributed by atoms with Gasteiger partial charge >= 0.3 is 29.6 Å². The molecule has 0 unspecified atom stereocenters. The van der Waals surface area contributed by atoms with Gasteiger partial charge in [-0.05, 0) is 35.1 Å². The molecule has 0 aliphatic rings. The maximum atomic E-state index is 10.4. The van der Waals surface area contributed by atoms with Crippen molar-refractivity contribution >= 4 is 51.7 Å². The molecular formula is C22H32BrN2NaO4S2. The maximum absolute atomic E-state index is 10.4. The summed E-state index contributed by atoms with van der Waals surface area (Å²) in [7, 11) is 0. The molecular weight excluding hydrogens is 523 g/mol. The van der Waals surface area contributed by atoms with E-state index in [0.717, 1.165) is 20.9 Å². The van der Waals surface area contributed by atoms with Crippen molar-refractivity contribution in [3.8, 4) is 0 Å². The number of thioether (sulfide) groups is 1. The third kappa shape index (κ3) is 17.9. The van der Waals surface area contributed by atoms with Gasteiger partial charge in [-0.3, -0.25) is 20.2 Å². The van der Waals surface area contributed by atoms with Crippen LogP contribution < -0.4 is 29.6 Å². The number of thiol groups is 1. The number of benzene rings is 2. The molecule has 0 fully saturated rings. The molecule has 0 heterocycles. The van der Waals surface area contributed by atoms with E-state index in [-0.39, 0.29) is 52.7 Å². The van der Waals surface area contributed by atoms with E-state index in [1.54, 1.807) is 48.2 Å². The van der Waals surface area contributed by atoms with Gasteiger partial charge in [0, 0.05) is 45.1 Å². The van der Waals surface area contributed by atoms with Crippen LogP contribution in [-0.4, -0.2) is 20.9 Å². The van der Waals surface area contributed by atoms with Gasteiger partial charge in [0.05, 0.1) is 9.85 Å². The molecule has 6 nitrogen and oxygen atoms in total. The molecule has 32 heavy (non-hydrogen) atoms. The monoisotopic (exact) mass is 554 g/mol. The van der Waals surface area contributed by atoms with Crippen LogP contribution in [0.4, 0.5) is 11.4 Å². The molecule has 174 valence electrons. The fourth-order valence-corrected chi connectivity index (χ4v) is 2.62. The Morgan fingerprint density at radius 3 is 1.47 bits per heavy atom. The summed E-state index contributed by atoms with van der Waals surface area (Å²) >= 11 is 9.07. The maximum Gasteiger partial charge on any atom is 1.00 e. The third-order valence-electron chi connectivity index (χ3n) is 3.18. The molecule has 2 rings (SSSR count). The molecule has 10 heteroatoms. The summed E-state index contributed by atoms with van der Waals surface area (Å²) in [5, 5.41) is 21.6. The molecule has 0 aliphatic carbocycles. The molecule has 2 aromatic rings. The summed E-state index contributed by atoms with van der Waals surface area (Å²) in [6.45, 7) is 13.1. The standard InChI is InChI=1S/C11H15NO2S.C6H5NO2S.C5H11Br.Na.H/c1-11(2,3)8-15-10-6-4-9(5-7-10)12(13)14;8-7(9)5-1-3-6(10)4-2-5;1-5(2,3)4-6;;/h4-7H,8H2,1-3H3;1-4,10H;4H2,1-3H3;;/q;;;+1;-1. The van der Waals surface area contributed by atoms with Gasteiger partial charge in [0.25, 0.3) is 11.4 Å². The quantitative estimate of drug-likeness (QED) is 0.141. The van der Waals surface area contributed by atoms with Crippen molar-refractivity contribution in [2.45, 2.75) is 51.3 Å². The van der Waals surface area contributed by atoms with Crippen LogP contribution in [-0.2, 0) is 0 Å². The van der Waals surface area contributed by atoms with E-state index in [1.807, 2.05) is 0 Å². The predicted octanol–water partition coefficient (Wildman–Crippen LogP) is 5.16. The van der Waals surface area contributed by atoms with E-state index in [2.05, 4.69) is 70.1 Å². The minimum atomic E-state index is -0.437. The smallest absolute Gasteiger partial charge is 1.00 e. The minimum Gasteiger partial charge on any atom is -1.00 e. The van der Waals surface area contributed by atoms with Gasteiger partial charge in [0.15, 0.2) is 0 Å². The Morgan fingerprint density at radius 2 is 1.19 bits per heavy atom. The van der Waals surface area contributed by atoms with E-state index in [1.165, 1.54) is 12.1 Å². The van der Waals surface area contributed by atoms with Gasteiger partial charge in [0.1, 0.15) is 0 Å². The average molecular weight is 556 g/mol. The summed E-state index contributed by atoms with van der Waals surface area (Å²) in [6.07, 6.45) is 0. The molecule has 0 bridgehead atoms. The van der Waals surface area contributed by atoms with E-state index in [9.17, 15) is 20.2 Å². The van der Waals surface area contributed by atoms with E-state index < -0.39 is 4.92 Å². The van der Waals surface area contributed by atoms with Crippen molar-refractivity contribution in [3.05, 3.63) is 68.8 Å². The number of rotatable bonds is 4. The van der Waals surface area contributed by atoms with Crippen molar-refractivity contribution in [2.75, 3.05) is 11.1 Å². The number of nitrogens with zero attached hydrogens (tertiary/aromatic N) is 2. The number of non-ortho nitro benzene ring substituents is 2. The van der Waals surface area contributed by atoms with Gasteiger partial charge in [-0.15, -0.1) is 24.4 Å². The number of hydrogen-bond acceptors (Lipinski definition) is 6. The zero-order valence-corrected chi connectivity index (χ0v) is 25.1. The molecule has 0 saturated carbocycles. The molecule has 0 atom stereocenters. The van der Waals surface area contributed by atoms with Crippen molar-refractivity contribution < 1.29 is 40.8 Å². The normalized spacial score (nSPS) is 10.5. The van der Waals surface area contributed by atoms with Gasteiger partial charge in [-0.25, -0.2) is 0 Å². The SMILES string of the molecule is CC(C)(C)CBr.CC(C)(C)CSc1ccc([N+](=O)[O-])cc1.O=[N+]([O-])c1ccc(S)cc1.[H-].[Na+]. The Morgan fingerprint density at radius 1 is 0.844 bits per heavy atom. The zero-order valence-electron chi connectivity index (χ0n) is 20.8. The van der Waals surface area contributed by atoms with E-state index >= 15 is 0 Å². The summed E-state index contributed by atoms with van der Waals surface area (Å²) in [5.41, 5.74) is 0.972. The molecule has 0 N–H and O–H groups in total. The van der Waals surface area contributed by atoms with Crippen LogP contribution in [0.3, 0.4) is 0 Å².